The molecule has 0 radical (unpaired) electrons. The SMILES string of the molecule is CCCCCCCCCn1cc(C(C)O)cn1. The fourth-order valence-corrected chi connectivity index (χ4v) is 1.95. The van der Waals surface area contributed by atoms with Gasteiger partial charge in [0.15, 0.2) is 0 Å². The molecule has 0 saturated carbocycles. The van der Waals surface area contributed by atoms with E-state index in [4.69, 9.17) is 0 Å². The highest BCUT2D eigenvalue weighted by atomic mass is 16.3. The number of rotatable bonds is 9. The van der Waals surface area contributed by atoms with Crippen LogP contribution in [0.25, 0.3) is 0 Å². The van der Waals surface area contributed by atoms with E-state index in [2.05, 4.69) is 12.0 Å². The summed E-state index contributed by atoms with van der Waals surface area (Å²) >= 11 is 0. The molecule has 0 spiro atoms. The van der Waals surface area contributed by atoms with Crippen LogP contribution in [-0.4, -0.2) is 14.9 Å². The summed E-state index contributed by atoms with van der Waals surface area (Å²) in [6, 6.07) is 0. The third kappa shape index (κ3) is 5.87. The Morgan fingerprint density at radius 3 is 2.41 bits per heavy atom. The van der Waals surface area contributed by atoms with Gasteiger partial charge < -0.3 is 5.11 Å². The maximum absolute atomic E-state index is 9.38. The topological polar surface area (TPSA) is 38.0 Å². The molecule has 0 aliphatic rings. The van der Waals surface area contributed by atoms with Crippen LogP contribution in [0.5, 0.6) is 0 Å². The van der Waals surface area contributed by atoms with Crippen molar-refractivity contribution >= 4 is 0 Å². The quantitative estimate of drug-likeness (QED) is 0.666. The smallest absolute Gasteiger partial charge is 0.0792 e. The monoisotopic (exact) mass is 238 g/mol. The molecular formula is C14H26N2O. The highest BCUT2D eigenvalue weighted by Gasteiger charge is 2.03. The van der Waals surface area contributed by atoms with Crippen LogP contribution in [-0.2, 0) is 6.54 Å². The Morgan fingerprint density at radius 1 is 1.18 bits per heavy atom. The van der Waals surface area contributed by atoms with E-state index in [1.807, 2.05) is 10.9 Å². The van der Waals surface area contributed by atoms with E-state index >= 15 is 0 Å². The first-order chi connectivity index (χ1) is 8.24. The molecule has 0 amide bonds. The van der Waals surface area contributed by atoms with Gasteiger partial charge in [0.05, 0.1) is 12.3 Å². The molecule has 3 nitrogen and oxygen atoms in total. The lowest BCUT2D eigenvalue weighted by Crippen LogP contribution is -1.98. The van der Waals surface area contributed by atoms with E-state index in [-0.39, 0.29) is 0 Å². The molecule has 1 unspecified atom stereocenters. The Kier molecular flexibility index (Phi) is 6.94. The number of aliphatic hydroxyl groups is 1. The number of aryl methyl sites for hydroxylation is 1. The Labute approximate surface area is 105 Å². The molecule has 1 aromatic rings. The van der Waals surface area contributed by atoms with Gasteiger partial charge in [-0.25, -0.2) is 0 Å². The lowest BCUT2D eigenvalue weighted by molar-refractivity contribution is 0.199. The lowest BCUT2D eigenvalue weighted by Gasteiger charge is -2.02. The van der Waals surface area contributed by atoms with Crippen LogP contribution in [0.3, 0.4) is 0 Å². The van der Waals surface area contributed by atoms with Gasteiger partial charge in [-0.15, -0.1) is 0 Å². The Hall–Kier alpha value is -0.830. The Bertz CT molecular complexity index is 294. The molecule has 0 saturated heterocycles. The predicted octanol–water partition coefficient (Wildman–Crippen LogP) is 3.69. The fraction of sp³-hybridized carbons (Fsp3) is 0.786. The van der Waals surface area contributed by atoms with Crippen molar-refractivity contribution < 1.29 is 5.11 Å². The van der Waals surface area contributed by atoms with Gasteiger partial charge in [0, 0.05) is 18.3 Å². The molecule has 0 aliphatic carbocycles. The number of hydrogen-bond donors (Lipinski definition) is 1. The molecule has 1 atom stereocenters. The predicted molar refractivity (Wildman–Crippen MR) is 70.9 cm³/mol. The number of aromatic nitrogens is 2. The maximum Gasteiger partial charge on any atom is 0.0792 e. The van der Waals surface area contributed by atoms with Gasteiger partial charge in [0.2, 0.25) is 0 Å². The van der Waals surface area contributed by atoms with E-state index in [9.17, 15) is 5.11 Å². The van der Waals surface area contributed by atoms with Crippen LogP contribution in [0.1, 0.15) is 70.5 Å². The maximum atomic E-state index is 9.38. The molecule has 0 fully saturated rings. The molecule has 1 N–H and O–H groups in total. The van der Waals surface area contributed by atoms with E-state index in [0.29, 0.717) is 0 Å². The zero-order valence-corrected chi connectivity index (χ0v) is 11.2. The summed E-state index contributed by atoms with van der Waals surface area (Å²) in [4.78, 5) is 0. The molecule has 17 heavy (non-hydrogen) atoms. The average molecular weight is 238 g/mol. The van der Waals surface area contributed by atoms with Crippen LogP contribution in [0, 0.1) is 0 Å². The molecule has 1 heterocycles. The highest BCUT2D eigenvalue weighted by Crippen LogP contribution is 2.11. The summed E-state index contributed by atoms with van der Waals surface area (Å²) in [5.74, 6) is 0. The van der Waals surface area contributed by atoms with Crippen molar-refractivity contribution in [2.75, 3.05) is 0 Å². The van der Waals surface area contributed by atoms with Gasteiger partial charge in [0.25, 0.3) is 0 Å². The second-order valence-corrected chi connectivity index (χ2v) is 4.83. The zero-order chi connectivity index (χ0) is 12.5. The van der Waals surface area contributed by atoms with Gasteiger partial charge in [-0.2, -0.15) is 5.10 Å². The number of nitrogens with zero attached hydrogens (tertiary/aromatic N) is 2. The van der Waals surface area contributed by atoms with Crippen LogP contribution in [0.4, 0.5) is 0 Å². The summed E-state index contributed by atoms with van der Waals surface area (Å²) < 4.78 is 1.94. The first-order valence-corrected chi connectivity index (χ1v) is 6.94. The minimum atomic E-state index is -0.405. The van der Waals surface area contributed by atoms with Crippen molar-refractivity contribution in [1.82, 2.24) is 9.78 Å². The molecule has 98 valence electrons. The van der Waals surface area contributed by atoms with Crippen LogP contribution >= 0.6 is 0 Å². The first kappa shape index (κ1) is 14.2. The first-order valence-electron chi connectivity index (χ1n) is 6.94. The van der Waals surface area contributed by atoms with Crippen molar-refractivity contribution in [1.29, 1.82) is 0 Å². The summed E-state index contributed by atoms with van der Waals surface area (Å²) in [5, 5.41) is 13.6. The van der Waals surface area contributed by atoms with E-state index in [1.54, 1.807) is 13.1 Å². The van der Waals surface area contributed by atoms with Crippen molar-refractivity contribution in [2.24, 2.45) is 0 Å². The summed E-state index contributed by atoms with van der Waals surface area (Å²) in [6.45, 7) is 4.99. The molecule has 1 rings (SSSR count). The fourth-order valence-electron chi connectivity index (χ4n) is 1.95. The van der Waals surface area contributed by atoms with Crippen molar-refractivity contribution in [3.8, 4) is 0 Å². The molecule has 0 aromatic carbocycles. The molecule has 0 bridgehead atoms. The third-order valence-electron chi connectivity index (χ3n) is 3.13. The number of hydrogen-bond acceptors (Lipinski definition) is 2. The van der Waals surface area contributed by atoms with Gasteiger partial charge in [-0.3, -0.25) is 4.68 Å². The van der Waals surface area contributed by atoms with Gasteiger partial charge in [0.1, 0.15) is 0 Å². The molecule has 3 heteroatoms. The average Bonchev–Trinajstić information content (AvgIpc) is 2.77. The Morgan fingerprint density at radius 2 is 1.82 bits per heavy atom. The van der Waals surface area contributed by atoms with Crippen molar-refractivity contribution in [3.05, 3.63) is 18.0 Å². The third-order valence-corrected chi connectivity index (χ3v) is 3.13. The normalized spacial score (nSPS) is 12.9. The summed E-state index contributed by atoms with van der Waals surface area (Å²) in [7, 11) is 0. The summed E-state index contributed by atoms with van der Waals surface area (Å²) in [5.41, 5.74) is 0.910. The van der Waals surface area contributed by atoms with Gasteiger partial charge in [-0.1, -0.05) is 45.4 Å². The molecule has 1 aromatic heterocycles. The van der Waals surface area contributed by atoms with E-state index in [1.165, 1.54) is 44.9 Å². The minimum Gasteiger partial charge on any atom is -0.389 e. The van der Waals surface area contributed by atoms with E-state index < -0.39 is 6.10 Å². The zero-order valence-electron chi connectivity index (χ0n) is 11.2. The number of aliphatic hydroxyl groups excluding tert-OH is 1. The Balaban J connectivity index is 2.05. The molecular weight excluding hydrogens is 212 g/mol. The highest BCUT2D eigenvalue weighted by molar-refractivity contribution is 5.06. The van der Waals surface area contributed by atoms with E-state index in [0.717, 1.165) is 12.1 Å². The van der Waals surface area contributed by atoms with Crippen molar-refractivity contribution in [2.45, 2.75) is 71.4 Å². The minimum absolute atomic E-state index is 0.405. The van der Waals surface area contributed by atoms with Crippen molar-refractivity contribution in [3.63, 3.8) is 0 Å². The van der Waals surface area contributed by atoms with Gasteiger partial charge in [-0.05, 0) is 13.3 Å². The van der Waals surface area contributed by atoms with Crippen LogP contribution in [0.15, 0.2) is 12.4 Å². The standard InChI is InChI=1S/C14H26N2O/c1-3-4-5-6-7-8-9-10-16-12-14(11-15-16)13(2)17/h11-13,17H,3-10H2,1-2H3. The van der Waals surface area contributed by atoms with Crippen LogP contribution < -0.4 is 0 Å². The lowest BCUT2D eigenvalue weighted by atomic mass is 10.1. The second-order valence-electron chi connectivity index (χ2n) is 4.83. The molecule has 0 aliphatic heterocycles. The largest absolute Gasteiger partial charge is 0.389 e. The second kappa shape index (κ2) is 8.29. The summed E-state index contributed by atoms with van der Waals surface area (Å²) in [6.07, 6.45) is 12.5. The van der Waals surface area contributed by atoms with Crippen LogP contribution in [0.2, 0.25) is 0 Å². The van der Waals surface area contributed by atoms with Gasteiger partial charge >= 0.3 is 0 Å². The number of unbranched alkanes of at least 4 members (excludes halogenated alkanes) is 6.